The predicted octanol–water partition coefficient (Wildman–Crippen LogP) is 11.4. The van der Waals surface area contributed by atoms with Gasteiger partial charge in [0.1, 0.15) is 0 Å². The van der Waals surface area contributed by atoms with Gasteiger partial charge >= 0.3 is 0 Å². The van der Waals surface area contributed by atoms with Crippen molar-refractivity contribution in [2.45, 2.75) is 0 Å². The zero-order valence-corrected chi connectivity index (χ0v) is 32.0. The first-order valence-corrected chi connectivity index (χ1v) is 18.2. The zero-order chi connectivity index (χ0) is 41.7. The van der Waals surface area contributed by atoms with Crippen LogP contribution in [0.15, 0.2) is 121 Å². The summed E-state index contributed by atoms with van der Waals surface area (Å²) >= 11 is 0. The van der Waals surface area contributed by atoms with E-state index in [-0.39, 0.29) is 35.2 Å². The van der Waals surface area contributed by atoms with Crippen LogP contribution in [0.3, 0.4) is 0 Å². The maximum Gasteiger partial charge on any atom is 0.270 e. The third-order valence-electron chi connectivity index (χ3n) is 10.1. The normalized spacial score (nSPS) is 11.5. The lowest BCUT2D eigenvalue weighted by Gasteiger charge is -2.07. The van der Waals surface area contributed by atoms with Crippen molar-refractivity contribution in [3.05, 3.63) is 185 Å². The summed E-state index contributed by atoms with van der Waals surface area (Å²) in [7, 11) is 0. The summed E-state index contributed by atoms with van der Waals surface area (Å²) in [5.74, 6) is 0. The number of nitrogens with one attached hydrogen (secondary N) is 2. The molecule has 0 amide bonds. The molecule has 0 spiro atoms. The van der Waals surface area contributed by atoms with Crippen molar-refractivity contribution >= 4 is 81.5 Å². The maximum atomic E-state index is 12.0. The van der Waals surface area contributed by atoms with E-state index in [0.29, 0.717) is 89.4 Å². The Labute approximate surface area is 349 Å². The van der Waals surface area contributed by atoms with Gasteiger partial charge in [-0.3, -0.25) is 40.5 Å². The van der Waals surface area contributed by atoms with E-state index in [1.54, 1.807) is 97.1 Å². The number of rotatable bonds is 8. The van der Waals surface area contributed by atoms with Crippen molar-refractivity contribution in [3.63, 3.8) is 0 Å². The first-order chi connectivity index (χ1) is 29.0. The summed E-state index contributed by atoms with van der Waals surface area (Å²) in [5, 5.41) is 47.9. The lowest BCUT2D eigenvalue weighted by Crippen LogP contribution is -1.92. The number of halogens is 1. The number of nitrogens with zero attached hydrogens (tertiary/aromatic N) is 6. The van der Waals surface area contributed by atoms with Crippen LogP contribution in [0.25, 0.3) is 90.9 Å². The van der Waals surface area contributed by atoms with Crippen LogP contribution in [0.4, 0.5) is 22.7 Å². The van der Waals surface area contributed by atoms with E-state index in [1.807, 2.05) is 0 Å². The number of fused-ring (bicyclic) bond motifs is 8. The average molecular weight is 831 g/mol. The first-order valence-electron chi connectivity index (χ1n) is 18.2. The fourth-order valence-electron chi connectivity index (χ4n) is 7.52. The van der Waals surface area contributed by atoms with Crippen LogP contribution in [0, 0.1) is 40.5 Å². The molecule has 9 rings (SSSR count). The second-order valence-corrected chi connectivity index (χ2v) is 13.7. The smallest absolute Gasteiger partial charge is 0.270 e. The monoisotopic (exact) mass is 830 g/mol. The Morgan fingerprint density at radius 1 is 0.361 bits per heavy atom. The minimum Gasteiger partial charge on any atom is -0.354 e. The molecule has 0 atom stereocenters. The second-order valence-electron chi connectivity index (χ2n) is 13.7. The quantitative estimate of drug-likeness (QED) is 0.109. The Kier molecular flexibility index (Phi) is 10.0. The number of nitro groups is 4. The third kappa shape index (κ3) is 7.26. The molecular formula is C44H27ClN8O8. The number of aromatic nitrogens is 4. The van der Waals surface area contributed by atoms with E-state index in [2.05, 4.69) is 9.97 Å². The van der Waals surface area contributed by atoms with E-state index in [0.717, 1.165) is 0 Å². The minimum absolute atomic E-state index is 0. The Morgan fingerprint density at radius 3 is 0.803 bits per heavy atom. The highest BCUT2D eigenvalue weighted by atomic mass is 35.5. The SMILES string of the molecule is Cl.O=[N+]([O-])c1cccc(-c2c3nc(c(-c4cccc([N+](=O)[O-])c4)c4ccc([nH]4)c(-c4cccc([N+](=O)[O-])c4)c4nc(c(-c5cccc([N+](=O)[O-])c5)c5ccc2[nH]5)C=C4)C=C3)c1. The molecule has 2 aliphatic rings. The van der Waals surface area contributed by atoms with Crippen LogP contribution in [0.1, 0.15) is 22.8 Å². The van der Waals surface area contributed by atoms with Crippen molar-refractivity contribution in [1.82, 2.24) is 19.9 Å². The molecule has 0 aliphatic carbocycles. The molecule has 4 aromatic carbocycles. The van der Waals surface area contributed by atoms with Crippen LogP contribution >= 0.6 is 12.4 Å². The van der Waals surface area contributed by atoms with Crippen molar-refractivity contribution in [2.75, 3.05) is 0 Å². The van der Waals surface area contributed by atoms with Gasteiger partial charge < -0.3 is 9.97 Å². The Morgan fingerprint density at radius 2 is 0.590 bits per heavy atom. The van der Waals surface area contributed by atoms with E-state index in [1.165, 1.54) is 48.5 Å². The summed E-state index contributed by atoms with van der Waals surface area (Å²) in [6.45, 7) is 0. The second kappa shape index (κ2) is 15.6. The summed E-state index contributed by atoms with van der Waals surface area (Å²) in [4.78, 5) is 63.0. The fourth-order valence-corrected chi connectivity index (χ4v) is 7.52. The Bertz CT molecular complexity index is 2840. The number of hydrogen-bond acceptors (Lipinski definition) is 10. The van der Waals surface area contributed by atoms with Gasteiger partial charge in [-0.2, -0.15) is 0 Å². The van der Waals surface area contributed by atoms with Gasteiger partial charge in [0, 0.05) is 92.9 Å². The molecule has 5 heterocycles. The van der Waals surface area contributed by atoms with E-state index in [9.17, 15) is 40.5 Å². The molecule has 0 radical (unpaired) electrons. The largest absolute Gasteiger partial charge is 0.354 e. The summed E-state index contributed by atoms with van der Waals surface area (Å²) in [6, 6.07) is 31.5. The molecule has 17 heteroatoms. The number of non-ortho nitro benzene ring substituents is 4. The van der Waals surface area contributed by atoms with Gasteiger partial charge in [0.2, 0.25) is 0 Å². The van der Waals surface area contributed by atoms with Crippen molar-refractivity contribution < 1.29 is 19.7 Å². The third-order valence-corrected chi connectivity index (χ3v) is 10.1. The van der Waals surface area contributed by atoms with Crippen LogP contribution < -0.4 is 0 Å². The van der Waals surface area contributed by atoms with Gasteiger partial charge in [-0.25, -0.2) is 9.97 Å². The Balaban J connectivity index is 0.00000514. The van der Waals surface area contributed by atoms with Crippen LogP contribution in [0.5, 0.6) is 0 Å². The molecule has 7 aromatic rings. The highest BCUT2D eigenvalue weighted by Gasteiger charge is 2.22. The van der Waals surface area contributed by atoms with Gasteiger partial charge in [-0.1, -0.05) is 48.5 Å². The lowest BCUT2D eigenvalue weighted by atomic mass is 10.0. The molecule has 3 aromatic heterocycles. The number of H-pyrrole nitrogens is 2. The number of aromatic amines is 2. The number of hydrogen-bond donors (Lipinski definition) is 2. The van der Waals surface area contributed by atoms with Gasteiger partial charge in [-0.15, -0.1) is 12.4 Å². The molecule has 8 bridgehead atoms. The van der Waals surface area contributed by atoms with Crippen LogP contribution in [-0.4, -0.2) is 39.6 Å². The van der Waals surface area contributed by atoms with Crippen molar-refractivity contribution in [3.8, 4) is 44.5 Å². The average Bonchev–Trinajstić information content (AvgIpc) is 4.09. The van der Waals surface area contributed by atoms with Crippen LogP contribution in [0.2, 0.25) is 0 Å². The van der Waals surface area contributed by atoms with Gasteiger partial charge in [0.15, 0.2) is 0 Å². The highest BCUT2D eigenvalue weighted by molar-refractivity contribution is 6.00. The van der Waals surface area contributed by atoms with Gasteiger partial charge in [0.05, 0.1) is 42.5 Å². The maximum absolute atomic E-state index is 12.0. The molecule has 0 saturated heterocycles. The molecule has 0 unspecified atom stereocenters. The molecular weight excluding hydrogens is 804 g/mol. The highest BCUT2D eigenvalue weighted by Crippen LogP contribution is 2.40. The summed E-state index contributed by atoms with van der Waals surface area (Å²) in [5.41, 5.74) is 6.85. The van der Waals surface area contributed by atoms with Crippen molar-refractivity contribution in [1.29, 1.82) is 0 Å². The summed E-state index contributed by atoms with van der Waals surface area (Å²) in [6.07, 6.45) is 7.00. The predicted molar refractivity (Wildman–Crippen MR) is 234 cm³/mol. The topological polar surface area (TPSA) is 230 Å². The zero-order valence-electron chi connectivity index (χ0n) is 31.2. The summed E-state index contributed by atoms with van der Waals surface area (Å²) < 4.78 is 0. The molecule has 2 aliphatic heterocycles. The molecule has 16 nitrogen and oxygen atoms in total. The van der Waals surface area contributed by atoms with Crippen LogP contribution in [-0.2, 0) is 0 Å². The first kappa shape index (κ1) is 39.2. The fraction of sp³-hybridized carbons (Fsp3) is 0. The van der Waals surface area contributed by atoms with Gasteiger partial charge in [-0.05, 0) is 70.8 Å². The molecule has 61 heavy (non-hydrogen) atoms. The Hall–Kier alpha value is -8.63. The minimum atomic E-state index is -0.494. The van der Waals surface area contributed by atoms with E-state index < -0.39 is 19.7 Å². The van der Waals surface area contributed by atoms with Gasteiger partial charge in [0.25, 0.3) is 22.7 Å². The molecule has 0 saturated carbocycles. The number of nitro benzene ring substituents is 4. The lowest BCUT2D eigenvalue weighted by molar-refractivity contribution is -0.385. The van der Waals surface area contributed by atoms with Crippen molar-refractivity contribution in [2.24, 2.45) is 0 Å². The van der Waals surface area contributed by atoms with E-state index in [4.69, 9.17) is 9.97 Å². The molecule has 0 fully saturated rings. The molecule has 298 valence electrons. The number of benzene rings is 4. The molecule has 2 N–H and O–H groups in total. The standard InChI is InChI=1S/C44H26N8O8.ClH/c53-49(54)29-9-1-5-25(21-29)41-33-13-15-35(45-33)42(26-6-2-10-30(22-26)50(55)56)37-17-19-39(47-37)44(28-8-4-12-32(24-28)52(59)60)40-20-18-38(48-40)43(36-16-14-34(41)46-36)27-7-3-11-31(23-27)51(57)58;/h1-24,45,48H;1H. The van der Waals surface area contributed by atoms with E-state index >= 15 is 0 Å².